The third-order valence-electron chi connectivity index (χ3n) is 2.94. The fraction of sp³-hybridized carbons (Fsp3) is 0.286. The first kappa shape index (κ1) is 13.5. The molecule has 1 amide bonds. The number of aromatic nitrogens is 1. The van der Waals surface area contributed by atoms with Crippen LogP contribution < -0.4 is 5.73 Å². The largest absolute Gasteiger partial charge is 0.375 e. The average Bonchev–Trinajstić information content (AvgIpc) is 2.85. The maximum absolute atomic E-state index is 12.1. The summed E-state index contributed by atoms with van der Waals surface area (Å²) in [6, 6.07) is 8.29. The van der Waals surface area contributed by atoms with Crippen molar-refractivity contribution >= 4 is 22.4 Å². The van der Waals surface area contributed by atoms with Gasteiger partial charge in [0.25, 0.3) is 5.91 Å². The van der Waals surface area contributed by atoms with Gasteiger partial charge in [-0.3, -0.25) is 4.79 Å². The molecule has 5 heteroatoms. The molecule has 0 saturated carbocycles. The van der Waals surface area contributed by atoms with Crippen LogP contribution in [0.1, 0.15) is 28.5 Å². The molecule has 0 aliphatic rings. The topological polar surface area (TPSA) is 59.2 Å². The Labute approximate surface area is 116 Å². The van der Waals surface area contributed by atoms with E-state index < -0.39 is 0 Å². The number of rotatable bonds is 4. The van der Waals surface area contributed by atoms with Gasteiger partial charge < -0.3 is 10.6 Å². The molecule has 100 valence electrons. The minimum Gasteiger partial charge on any atom is -0.375 e. The van der Waals surface area contributed by atoms with Crippen molar-refractivity contribution in [3.05, 3.63) is 46.5 Å². The van der Waals surface area contributed by atoms with E-state index in [0.717, 1.165) is 12.0 Å². The number of amides is 1. The number of carbonyl (C=O) groups is 1. The van der Waals surface area contributed by atoms with E-state index in [4.69, 9.17) is 5.73 Å². The van der Waals surface area contributed by atoms with Crippen molar-refractivity contribution in [3.8, 4) is 0 Å². The fourth-order valence-corrected chi connectivity index (χ4v) is 2.34. The molecule has 2 aromatic rings. The Morgan fingerprint density at radius 2 is 1.95 bits per heavy atom. The van der Waals surface area contributed by atoms with E-state index in [1.54, 1.807) is 17.3 Å². The van der Waals surface area contributed by atoms with Gasteiger partial charge in [-0.25, -0.2) is 4.98 Å². The quantitative estimate of drug-likeness (QED) is 0.933. The summed E-state index contributed by atoms with van der Waals surface area (Å²) in [5.41, 5.74) is 8.35. The van der Waals surface area contributed by atoms with Crippen LogP contribution in [0.15, 0.2) is 29.6 Å². The Kier molecular flexibility index (Phi) is 4.16. The molecule has 1 aromatic carbocycles. The van der Waals surface area contributed by atoms with Crippen molar-refractivity contribution in [3.63, 3.8) is 0 Å². The normalized spacial score (nSPS) is 10.4. The zero-order valence-electron chi connectivity index (χ0n) is 11.1. The van der Waals surface area contributed by atoms with Crippen LogP contribution in [-0.4, -0.2) is 22.8 Å². The van der Waals surface area contributed by atoms with Crippen LogP contribution in [0, 0.1) is 0 Å². The van der Waals surface area contributed by atoms with E-state index in [1.165, 1.54) is 16.9 Å². The van der Waals surface area contributed by atoms with E-state index in [2.05, 4.69) is 36.2 Å². The highest BCUT2D eigenvalue weighted by molar-refractivity contribution is 7.13. The first-order chi connectivity index (χ1) is 9.10. The summed E-state index contributed by atoms with van der Waals surface area (Å²) in [4.78, 5) is 17.8. The van der Waals surface area contributed by atoms with Crippen molar-refractivity contribution < 1.29 is 4.79 Å². The molecule has 0 aliphatic carbocycles. The summed E-state index contributed by atoms with van der Waals surface area (Å²) in [7, 11) is 1.77. The number of nitrogens with two attached hydrogens (primary N) is 1. The third-order valence-corrected chi connectivity index (χ3v) is 3.61. The maximum atomic E-state index is 12.1. The number of aryl methyl sites for hydroxylation is 1. The number of nitrogens with zero attached hydrogens (tertiary/aromatic N) is 2. The molecule has 0 bridgehead atoms. The molecule has 0 fully saturated rings. The highest BCUT2D eigenvalue weighted by atomic mass is 32.1. The number of anilines is 1. The van der Waals surface area contributed by atoms with Gasteiger partial charge in [0.05, 0.1) is 0 Å². The third kappa shape index (κ3) is 3.32. The van der Waals surface area contributed by atoms with Crippen LogP contribution in [0.2, 0.25) is 0 Å². The predicted octanol–water partition coefficient (Wildman–Crippen LogP) is 2.56. The van der Waals surface area contributed by atoms with Gasteiger partial charge in [-0.05, 0) is 17.5 Å². The monoisotopic (exact) mass is 275 g/mol. The van der Waals surface area contributed by atoms with Crippen molar-refractivity contribution in [2.24, 2.45) is 0 Å². The van der Waals surface area contributed by atoms with Gasteiger partial charge in [0.1, 0.15) is 5.69 Å². The lowest BCUT2D eigenvalue weighted by molar-refractivity contribution is 0.0780. The summed E-state index contributed by atoms with van der Waals surface area (Å²) in [6.45, 7) is 2.69. The molecule has 1 aromatic heterocycles. The molecule has 4 nitrogen and oxygen atoms in total. The smallest absolute Gasteiger partial charge is 0.273 e. The molecule has 0 atom stereocenters. The van der Waals surface area contributed by atoms with Gasteiger partial charge in [0.2, 0.25) is 0 Å². The first-order valence-corrected chi connectivity index (χ1v) is 7.02. The molecule has 0 spiro atoms. The van der Waals surface area contributed by atoms with E-state index in [1.807, 2.05) is 0 Å². The predicted molar refractivity (Wildman–Crippen MR) is 78.1 cm³/mol. The van der Waals surface area contributed by atoms with Crippen molar-refractivity contribution in [2.75, 3.05) is 12.8 Å². The minimum atomic E-state index is -0.104. The van der Waals surface area contributed by atoms with Crippen LogP contribution in [0.25, 0.3) is 0 Å². The molecule has 2 N–H and O–H groups in total. The van der Waals surface area contributed by atoms with Gasteiger partial charge in [0, 0.05) is 19.0 Å². The van der Waals surface area contributed by atoms with E-state index in [9.17, 15) is 4.79 Å². The minimum absolute atomic E-state index is 0.104. The molecule has 0 saturated heterocycles. The van der Waals surface area contributed by atoms with Crippen LogP contribution in [0.4, 0.5) is 5.13 Å². The average molecular weight is 275 g/mol. The zero-order chi connectivity index (χ0) is 13.8. The van der Waals surface area contributed by atoms with Crippen molar-refractivity contribution in [2.45, 2.75) is 19.9 Å². The maximum Gasteiger partial charge on any atom is 0.273 e. The molecule has 2 rings (SSSR count). The summed E-state index contributed by atoms with van der Waals surface area (Å²) >= 11 is 1.28. The van der Waals surface area contributed by atoms with Gasteiger partial charge in [0.15, 0.2) is 5.13 Å². The second-order valence-electron chi connectivity index (χ2n) is 4.40. The van der Waals surface area contributed by atoms with Crippen molar-refractivity contribution in [1.29, 1.82) is 0 Å². The van der Waals surface area contributed by atoms with Crippen LogP contribution in [-0.2, 0) is 13.0 Å². The van der Waals surface area contributed by atoms with Gasteiger partial charge >= 0.3 is 0 Å². The fourth-order valence-electron chi connectivity index (χ4n) is 1.81. The van der Waals surface area contributed by atoms with Crippen molar-refractivity contribution in [1.82, 2.24) is 9.88 Å². The Hall–Kier alpha value is -1.88. The Balaban J connectivity index is 2.03. The van der Waals surface area contributed by atoms with Gasteiger partial charge in [-0.2, -0.15) is 0 Å². The van der Waals surface area contributed by atoms with Crippen LogP contribution in [0.5, 0.6) is 0 Å². The first-order valence-electron chi connectivity index (χ1n) is 6.14. The molecular formula is C14H17N3OS. The number of thiazole rings is 1. The zero-order valence-corrected chi connectivity index (χ0v) is 11.9. The Morgan fingerprint density at radius 1 is 1.32 bits per heavy atom. The summed E-state index contributed by atoms with van der Waals surface area (Å²) in [5.74, 6) is -0.104. The lowest BCUT2D eigenvalue weighted by atomic mass is 10.1. The van der Waals surface area contributed by atoms with Gasteiger partial charge in [-0.15, -0.1) is 11.3 Å². The lowest BCUT2D eigenvalue weighted by Crippen LogP contribution is -2.26. The molecule has 0 unspecified atom stereocenters. The number of benzene rings is 1. The van der Waals surface area contributed by atoms with Crippen LogP contribution in [0.3, 0.4) is 0 Å². The number of carbonyl (C=O) groups excluding carboxylic acids is 1. The standard InChI is InChI=1S/C14H17N3OS/c1-3-10-4-6-11(7-5-10)8-17(2)13(18)12-9-19-14(15)16-12/h4-7,9H,3,8H2,1-2H3,(H2,15,16). The highest BCUT2D eigenvalue weighted by Gasteiger charge is 2.14. The summed E-state index contributed by atoms with van der Waals surface area (Å²) < 4.78 is 0. The number of nitrogen functional groups attached to an aromatic ring is 1. The molecule has 0 radical (unpaired) electrons. The molecule has 0 aliphatic heterocycles. The van der Waals surface area contributed by atoms with E-state index >= 15 is 0 Å². The summed E-state index contributed by atoms with van der Waals surface area (Å²) in [6.07, 6.45) is 1.02. The second kappa shape index (κ2) is 5.84. The number of hydrogen-bond donors (Lipinski definition) is 1. The Bertz CT molecular complexity index is 562. The Morgan fingerprint density at radius 3 is 2.47 bits per heavy atom. The van der Waals surface area contributed by atoms with E-state index in [0.29, 0.717) is 17.4 Å². The summed E-state index contributed by atoms with van der Waals surface area (Å²) in [5, 5.41) is 2.11. The SMILES string of the molecule is CCc1ccc(CN(C)C(=O)c2csc(N)n2)cc1. The van der Waals surface area contributed by atoms with Crippen LogP contribution >= 0.6 is 11.3 Å². The second-order valence-corrected chi connectivity index (χ2v) is 5.29. The van der Waals surface area contributed by atoms with Gasteiger partial charge in [-0.1, -0.05) is 31.2 Å². The molecule has 1 heterocycles. The lowest BCUT2D eigenvalue weighted by Gasteiger charge is -2.16. The molecular weight excluding hydrogens is 258 g/mol. The van der Waals surface area contributed by atoms with E-state index in [-0.39, 0.29) is 5.91 Å². The molecule has 19 heavy (non-hydrogen) atoms. The highest BCUT2D eigenvalue weighted by Crippen LogP contribution is 2.14. The number of hydrogen-bond acceptors (Lipinski definition) is 4.